The molecule has 0 radical (unpaired) electrons. The Morgan fingerprint density at radius 3 is 2.28 bits per heavy atom. The summed E-state index contributed by atoms with van der Waals surface area (Å²) in [5.41, 5.74) is 0. The summed E-state index contributed by atoms with van der Waals surface area (Å²) in [6.45, 7) is 2.27. The van der Waals surface area contributed by atoms with Crippen molar-refractivity contribution >= 4 is 0 Å². The van der Waals surface area contributed by atoms with Crippen molar-refractivity contribution in [3.63, 3.8) is 0 Å². The zero-order valence-electron chi connectivity index (χ0n) is 10.2. The first kappa shape index (κ1) is 14.0. The fourth-order valence-electron chi connectivity index (χ4n) is 2.28. The number of rotatable bonds is 4. The quantitative estimate of drug-likeness (QED) is 0.722. The van der Waals surface area contributed by atoms with Gasteiger partial charge in [-0.1, -0.05) is 0 Å². The minimum atomic E-state index is -4.24. The highest BCUT2D eigenvalue weighted by Gasteiger charge is 2.39. The third-order valence-electron chi connectivity index (χ3n) is 3.25. The second-order valence-corrected chi connectivity index (χ2v) is 4.62. The SMILES string of the molecule is FC(F)(F)COCCN1CCC2(CC1)OCCO2. The Morgan fingerprint density at radius 2 is 1.72 bits per heavy atom. The molecule has 2 fully saturated rings. The highest BCUT2D eigenvalue weighted by molar-refractivity contribution is 4.82. The third-order valence-corrected chi connectivity index (χ3v) is 3.25. The maximum absolute atomic E-state index is 11.8. The van der Waals surface area contributed by atoms with Crippen LogP contribution >= 0.6 is 0 Å². The smallest absolute Gasteiger partial charge is 0.371 e. The van der Waals surface area contributed by atoms with E-state index in [0.717, 1.165) is 25.9 Å². The van der Waals surface area contributed by atoms with E-state index in [-0.39, 0.29) is 6.61 Å². The number of nitrogens with zero attached hydrogens (tertiary/aromatic N) is 1. The lowest BCUT2D eigenvalue weighted by molar-refractivity contribution is -0.189. The van der Waals surface area contributed by atoms with Crippen molar-refractivity contribution in [2.45, 2.75) is 24.8 Å². The summed E-state index contributed by atoms with van der Waals surface area (Å²) in [5.74, 6) is -0.427. The van der Waals surface area contributed by atoms with Gasteiger partial charge in [0.15, 0.2) is 5.79 Å². The zero-order valence-corrected chi connectivity index (χ0v) is 10.2. The predicted molar refractivity (Wildman–Crippen MR) is 57.2 cm³/mol. The van der Waals surface area contributed by atoms with Gasteiger partial charge in [-0.3, -0.25) is 0 Å². The lowest BCUT2D eigenvalue weighted by Gasteiger charge is -2.37. The van der Waals surface area contributed by atoms with Crippen LogP contribution in [0.4, 0.5) is 13.2 Å². The topological polar surface area (TPSA) is 30.9 Å². The van der Waals surface area contributed by atoms with Gasteiger partial charge in [0.25, 0.3) is 0 Å². The van der Waals surface area contributed by atoms with Gasteiger partial charge in [0.05, 0.1) is 19.8 Å². The lowest BCUT2D eigenvalue weighted by atomic mass is 10.0. The van der Waals surface area contributed by atoms with E-state index in [9.17, 15) is 13.2 Å². The van der Waals surface area contributed by atoms with Crippen molar-refractivity contribution in [1.29, 1.82) is 0 Å². The molecule has 0 bridgehead atoms. The molecule has 2 saturated heterocycles. The molecule has 0 aromatic rings. The Labute approximate surface area is 104 Å². The van der Waals surface area contributed by atoms with Crippen molar-refractivity contribution in [1.82, 2.24) is 4.90 Å². The molecular weight excluding hydrogens is 251 g/mol. The zero-order chi connectivity index (χ0) is 13.1. The van der Waals surface area contributed by atoms with Crippen LogP contribution < -0.4 is 0 Å². The van der Waals surface area contributed by atoms with Crippen LogP contribution in [0.3, 0.4) is 0 Å². The molecule has 0 unspecified atom stereocenters. The Kier molecular flexibility index (Phi) is 4.47. The molecule has 0 saturated carbocycles. The average Bonchev–Trinajstić information content (AvgIpc) is 2.75. The molecule has 1 spiro atoms. The number of alkyl halides is 3. The number of ether oxygens (including phenoxy) is 3. The van der Waals surface area contributed by atoms with Gasteiger partial charge in [-0.2, -0.15) is 13.2 Å². The summed E-state index contributed by atoms with van der Waals surface area (Å²) in [7, 11) is 0. The monoisotopic (exact) mass is 269 g/mol. The molecule has 106 valence electrons. The number of hydrogen-bond donors (Lipinski definition) is 0. The number of hydrogen-bond acceptors (Lipinski definition) is 4. The first-order valence-electron chi connectivity index (χ1n) is 6.14. The Bertz CT molecular complexity index is 257. The van der Waals surface area contributed by atoms with Gasteiger partial charge in [0.1, 0.15) is 6.61 Å². The van der Waals surface area contributed by atoms with Crippen LogP contribution in [0.2, 0.25) is 0 Å². The minimum Gasteiger partial charge on any atom is -0.371 e. The van der Waals surface area contributed by atoms with Crippen molar-refractivity contribution in [3.8, 4) is 0 Å². The minimum absolute atomic E-state index is 0.105. The molecule has 0 aromatic heterocycles. The average molecular weight is 269 g/mol. The van der Waals surface area contributed by atoms with Gasteiger partial charge >= 0.3 is 6.18 Å². The Balaban J connectivity index is 1.59. The van der Waals surface area contributed by atoms with Crippen molar-refractivity contribution < 1.29 is 27.4 Å². The van der Waals surface area contributed by atoms with E-state index in [2.05, 4.69) is 9.64 Å². The first-order valence-corrected chi connectivity index (χ1v) is 6.14. The van der Waals surface area contributed by atoms with Gasteiger partial charge in [-0.05, 0) is 0 Å². The van der Waals surface area contributed by atoms with E-state index in [1.807, 2.05) is 0 Å². The molecule has 0 atom stereocenters. The van der Waals surface area contributed by atoms with E-state index >= 15 is 0 Å². The summed E-state index contributed by atoms with van der Waals surface area (Å²) in [4.78, 5) is 2.08. The van der Waals surface area contributed by atoms with Gasteiger partial charge in [0.2, 0.25) is 0 Å². The molecule has 2 aliphatic rings. The molecule has 4 nitrogen and oxygen atoms in total. The summed E-state index contributed by atoms with van der Waals surface area (Å²) in [6, 6.07) is 0. The number of halogens is 3. The van der Waals surface area contributed by atoms with Crippen LogP contribution in [0.25, 0.3) is 0 Å². The maximum Gasteiger partial charge on any atom is 0.411 e. The fraction of sp³-hybridized carbons (Fsp3) is 1.00. The Morgan fingerprint density at radius 1 is 1.11 bits per heavy atom. The van der Waals surface area contributed by atoms with Crippen LogP contribution in [-0.4, -0.2) is 62.9 Å². The van der Waals surface area contributed by atoms with Crippen LogP contribution in [0.15, 0.2) is 0 Å². The fourth-order valence-corrected chi connectivity index (χ4v) is 2.28. The van der Waals surface area contributed by atoms with Crippen LogP contribution in [0.5, 0.6) is 0 Å². The Hall–Kier alpha value is -0.370. The van der Waals surface area contributed by atoms with E-state index < -0.39 is 18.6 Å². The number of piperidine rings is 1. The second-order valence-electron chi connectivity index (χ2n) is 4.62. The van der Waals surface area contributed by atoms with Crippen molar-refractivity contribution in [3.05, 3.63) is 0 Å². The summed E-state index contributed by atoms with van der Waals surface area (Å²) in [6.07, 6.45) is -2.70. The van der Waals surface area contributed by atoms with Crippen LogP contribution in [0, 0.1) is 0 Å². The molecule has 7 heteroatoms. The molecule has 0 amide bonds. The molecule has 0 aromatic carbocycles. The second kappa shape index (κ2) is 5.73. The normalized spacial score (nSPS) is 24.8. The molecule has 2 rings (SSSR count). The van der Waals surface area contributed by atoms with E-state index in [1.54, 1.807) is 0 Å². The largest absolute Gasteiger partial charge is 0.411 e. The van der Waals surface area contributed by atoms with Gasteiger partial charge in [-0.15, -0.1) is 0 Å². The van der Waals surface area contributed by atoms with Crippen molar-refractivity contribution in [2.24, 2.45) is 0 Å². The molecule has 2 heterocycles. The number of likely N-dealkylation sites (tertiary alicyclic amines) is 1. The molecule has 18 heavy (non-hydrogen) atoms. The van der Waals surface area contributed by atoms with Crippen molar-refractivity contribution in [2.75, 3.05) is 46.1 Å². The van der Waals surface area contributed by atoms with E-state index in [0.29, 0.717) is 19.8 Å². The summed E-state index contributed by atoms with van der Waals surface area (Å²) in [5, 5.41) is 0. The lowest BCUT2D eigenvalue weighted by Crippen LogP contribution is -2.46. The summed E-state index contributed by atoms with van der Waals surface area (Å²) >= 11 is 0. The molecule has 0 aliphatic carbocycles. The maximum atomic E-state index is 11.8. The summed E-state index contributed by atoms with van der Waals surface area (Å²) < 4.78 is 51.3. The van der Waals surface area contributed by atoms with E-state index in [4.69, 9.17) is 9.47 Å². The van der Waals surface area contributed by atoms with Gasteiger partial charge in [0, 0.05) is 32.5 Å². The molecular formula is C11H18F3NO3. The predicted octanol–water partition coefficient (Wildman–Crippen LogP) is 1.40. The molecule has 0 N–H and O–H groups in total. The third kappa shape index (κ3) is 4.08. The highest BCUT2D eigenvalue weighted by Crippen LogP contribution is 2.30. The van der Waals surface area contributed by atoms with Gasteiger partial charge < -0.3 is 19.1 Å². The van der Waals surface area contributed by atoms with Crippen LogP contribution in [-0.2, 0) is 14.2 Å². The first-order chi connectivity index (χ1) is 8.49. The molecule has 2 aliphatic heterocycles. The standard InChI is InChI=1S/C11H18F3NO3/c12-11(13,14)9-16-6-5-15-3-1-10(2-4-15)17-7-8-18-10/h1-9H2. The van der Waals surface area contributed by atoms with Crippen LogP contribution in [0.1, 0.15) is 12.8 Å². The van der Waals surface area contributed by atoms with Gasteiger partial charge in [-0.25, -0.2) is 0 Å². The highest BCUT2D eigenvalue weighted by atomic mass is 19.4. The van der Waals surface area contributed by atoms with E-state index in [1.165, 1.54) is 0 Å².